The van der Waals surface area contributed by atoms with Gasteiger partial charge in [-0.05, 0) is 53.9 Å². The molecule has 1 fully saturated rings. The summed E-state index contributed by atoms with van der Waals surface area (Å²) in [6.07, 6.45) is 0.875. The number of nitrogens with two attached hydrogens (primary N) is 1. The van der Waals surface area contributed by atoms with Crippen LogP contribution in [-0.4, -0.2) is 39.8 Å². The number of piperidine rings is 1. The monoisotopic (exact) mass is 509 g/mol. The van der Waals surface area contributed by atoms with Crippen LogP contribution in [0, 0.1) is 17.3 Å². The highest BCUT2D eigenvalue weighted by Gasteiger charge is 2.46. The molecule has 0 amide bonds. The second-order valence-corrected chi connectivity index (χ2v) is 9.35. The predicted molar refractivity (Wildman–Crippen MR) is 131 cm³/mol. The number of nitrogens with zero attached hydrogens (tertiary/aromatic N) is 4. The number of fused-ring (bicyclic) bond motifs is 1. The lowest BCUT2D eigenvalue weighted by Gasteiger charge is -2.42. The number of aromatic nitrogens is 3. The summed E-state index contributed by atoms with van der Waals surface area (Å²) in [6.45, 7) is 1.19. The topological polar surface area (TPSA) is 97.4 Å². The zero-order chi connectivity index (χ0) is 26.0. The number of anilines is 1. The largest absolute Gasteiger partial charge is 0.479 e. The fourth-order valence-corrected chi connectivity index (χ4v) is 5.20. The Labute approximate surface area is 212 Å². The van der Waals surface area contributed by atoms with Crippen LogP contribution in [0.15, 0.2) is 48.8 Å². The second-order valence-electron chi connectivity index (χ2n) is 9.35. The molecule has 0 unspecified atom stereocenters. The molecule has 0 bridgehead atoms. The van der Waals surface area contributed by atoms with Crippen LogP contribution < -0.4 is 15.4 Å². The summed E-state index contributed by atoms with van der Waals surface area (Å²) in [7, 11) is 0. The van der Waals surface area contributed by atoms with Gasteiger partial charge in [-0.3, -0.25) is 0 Å². The molecule has 192 valence electrons. The van der Waals surface area contributed by atoms with Gasteiger partial charge >= 0.3 is 6.18 Å². The summed E-state index contributed by atoms with van der Waals surface area (Å²) in [5.74, 6) is 6.39. The van der Waals surface area contributed by atoms with Gasteiger partial charge in [-0.25, -0.2) is 15.0 Å². The second kappa shape index (κ2) is 10.00. The number of aliphatic hydroxyl groups is 1. The van der Waals surface area contributed by atoms with Crippen molar-refractivity contribution in [1.29, 1.82) is 0 Å². The van der Waals surface area contributed by atoms with Crippen molar-refractivity contribution >= 4 is 5.82 Å². The van der Waals surface area contributed by atoms with E-state index in [0.717, 1.165) is 44.6 Å². The number of hydrogen-bond acceptors (Lipinski definition) is 7. The maximum absolute atomic E-state index is 12.6. The molecule has 3 heterocycles. The number of aliphatic hydroxyl groups excluding tert-OH is 1. The van der Waals surface area contributed by atoms with Crippen molar-refractivity contribution in [3.05, 3.63) is 77.0 Å². The Balaban J connectivity index is 1.20. The summed E-state index contributed by atoms with van der Waals surface area (Å²) in [5, 5.41) is 9.93. The van der Waals surface area contributed by atoms with E-state index in [1.54, 1.807) is 6.20 Å². The molecule has 0 saturated carbocycles. The first-order chi connectivity index (χ1) is 17.8. The van der Waals surface area contributed by atoms with Crippen molar-refractivity contribution in [1.82, 2.24) is 15.0 Å². The zero-order valence-electron chi connectivity index (χ0n) is 20.0. The standard InChI is InChI=1S/C27H26F3N5O2/c28-27(29,30)23-8-7-20(16-32-23)37-13-3-5-19-15-33-25(22(17-36)34-19)35-11-9-26(10-12-35)14-18-4-1-2-6-21(18)24(26)31/h1-2,4,6-8,15-16,24,36H,9-14,17,31H2/t24-/m1/s1. The number of alkyl halides is 3. The van der Waals surface area contributed by atoms with Gasteiger partial charge in [-0.1, -0.05) is 30.2 Å². The third-order valence-electron chi connectivity index (χ3n) is 7.18. The van der Waals surface area contributed by atoms with E-state index in [2.05, 4.69) is 49.9 Å². The van der Waals surface area contributed by atoms with Crippen molar-refractivity contribution in [2.45, 2.75) is 38.1 Å². The number of ether oxygens (including phenoxy) is 1. The molecule has 1 aromatic carbocycles. The Kier molecular flexibility index (Phi) is 6.75. The third-order valence-corrected chi connectivity index (χ3v) is 7.18. The van der Waals surface area contributed by atoms with E-state index in [-0.39, 0.29) is 30.4 Å². The van der Waals surface area contributed by atoms with E-state index in [4.69, 9.17) is 10.5 Å². The average molecular weight is 510 g/mol. The van der Waals surface area contributed by atoms with Gasteiger partial charge in [0.15, 0.2) is 5.82 Å². The Bertz CT molecular complexity index is 1330. The van der Waals surface area contributed by atoms with Gasteiger partial charge in [0.25, 0.3) is 0 Å². The Morgan fingerprint density at radius 3 is 2.57 bits per heavy atom. The zero-order valence-corrected chi connectivity index (χ0v) is 20.0. The van der Waals surface area contributed by atoms with Crippen LogP contribution in [0.5, 0.6) is 5.75 Å². The minimum Gasteiger partial charge on any atom is -0.479 e. The first kappa shape index (κ1) is 25.0. The minimum absolute atomic E-state index is 0.0208. The third kappa shape index (κ3) is 5.10. The molecule has 37 heavy (non-hydrogen) atoms. The van der Waals surface area contributed by atoms with E-state index in [9.17, 15) is 18.3 Å². The molecule has 1 saturated heterocycles. The van der Waals surface area contributed by atoms with E-state index >= 15 is 0 Å². The molecule has 1 aliphatic heterocycles. The molecule has 2 aliphatic rings. The molecule has 10 heteroatoms. The van der Waals surface area contributed by atoms with Crippen LogP contribution >= 0.6 is 0 Å². The summed E-state index contributed by atoms with van der Waals surface area (Å²) < 4.78 is 43.1. The van der Waals surface area contributed by atoms with Crippen LogP contribution in [0.3, 0.4) is 0 Å². The maximum atomic E-state index is 12.6. The van der Waals surface area contributed by atoms with Gasteiger partial charge < -0.3 is 20.5 Å². The molecule has 1 aliphatic carbocycles. The van der Waals surface area contributed by atoms with Crippen molar-refractivity contribution in [2.75, 3.05) is 24.6 Å². The lowest BCUT2D eigenvalue weighted by molar-refractivity contribution is -0.141. The molecule has 5 rings (SSSR count). The van der Waals surface area contributed by atoms with Gasteiger partial charge in [-0.15, -0.1) is 0 Å². The van der Waals surface area contributed by atoms with Crippen LogP contribution in [-0.2, 0) is 19.2 Å². The van der Waals surface area contributed by atoms with Crippen LogP contribution in [0.1, 0.15) is 47.1 Å². The van der Waals surface area contributed by atoms with Crippen LogP contribution in [0.4, 0.5) is 19.0 Å². The van der Waals surface area contributed by atoms with Gasteiger partial charge in [0.2, 0.25) is 0 Å². The number of hydrogen-bond donors (Lipinski definition) is 2. The van der Waals surface area contributed by atoms with Crippen LogP contribution in [0.25, 0.3) is 0 Å². The van der Waals surface area contributed by atoms with E-state index in [1.807, 2.05) is 6.07 Å². The van der Waals surface area contributed by atoms with Gasteiger partial charge in [0.05, 0.1) is 19.0 Å². The van der Waals surface area contributed by atoms with Gasteiger partial charge in [0.1, 0.15) is 29.4 Å². The fourth-order valence-electron chi connectivity index (χ4n) is 5.20. The first-order valence-corrected chi connectivity index (χ1v) is 12.0. The van der Waals surface area contributed by atoms with E-state index < -0.39 is 11.9 Å². The normalized spacial score (nSPS) is 18.3. The Morgan fingerprint density at radius 1 is 1.11 bits per heavy atom. The van der Waals surface area contributed by atoms with Crippen LogP contribution in [0.2, 0.25) is 0 Å². The van der Waals surface area contributed by atoms with E-state index in [0.29, 0.717) is 17.2 Å². The quantitative estimate of drug-likeness (QED) is 0.518. The van der Waals surface area contributed by atoms with Crippen molar-refractivity contribution in [3.8, 4) is 17.6 Å². The summed E-state index contributed by atoms with van der Waals surface area (Å²) in [4.78, 5) is 14.4. The highest BCUT2D eigenvalue weighted by atomic mass is 19.4. The van der Waals surface area contributed by atoms with Crippen molar-refractivity contribution in [3.63, 3.8) is 0 Å². The summed E-state index contributed by atoms with van der Waals surface area (Å²) in [5.41, 5.74) is 9.11. The molecule has 2 aromatic heterocycles. The molecule has 0 radical (unpaired) electrons. The molecule has 3 aromatic rings. The maximum Gasteiger partial charge on any atom is 0.433 e. The SMILES string of the molecule is N[C@@H]1c2ccccc2CC12CCN(c1ncc(C#CCOc3ccc(C(F)(F)F)nc3)nc1CO)CC2. The number of rotatable bonds is 4. The van der Waals surface area contributed by atoms with Gasteiger partial charge in [0, 0.05) is 19.1 Å². The predicted octanol–water partition coefficient (Wildman–Crippen LogP) is 3.66. The number of benzene rings is 1. The van der Waals surface area contributed by atoms with Crippen molar-refractivity contribution in [2.24, 2.45) is 11.1 Å². The number of halogens is 3. The Hall–Kier alpha value is -3.68. The average Bonchev–Trinajstić information content (AvgIpc) is 3.17. The first-order valence-electron chi connectivity index (χ1n) is 12.0. The number of pyridine rings is 1. The minimum atomic E-state index is -4.50. The van der Waals surface area contributed by atoms with Crippen molar-refractivity contribution < 1.29 is 23.0 Å². The fraction of sp³-hybridized carbons (Fsp3) is 0.370. The molecule has 7 nitrogen and oxygen atoms in total. The Morgan fingerprint density at radius 2 is 1.89 bits per heavy atom. The van der Waals surface area contributed by atoms with E-state index in [1.165, 1.54) is 17.2 Å². The highest BCUT2D eigenvalue weighted by Crippen LogP contribution is 2.51. The smallest absolute Gasteiger partial charge is 0.433 e. The molecular weight excluding hydrogens is 483 g/mol. The molecule has 1 spiro atoms. The molecular formula is C27H26F3N5O2. The lowest BCUT2D eigenvalue weighted by atomic mass is 9.73. The molecule has 1 atom stereocenters. The highest BCUT2D eigenvalue weighted by molar-refractivity contribution is 5.47. The summed E-state index contributed by atoms with van der Waals surface area (Å²) in [6, 6.07) is 10.5. The van der Waals surface area contributed by atoms with Gasteiger partial charge in [-0.2, -0.15) is 13.2 Å². The molecule has 3 N–H and O–H groups in total. The lowest BCUT2D eigenvalue weighted by Crippen LogP contribution is -2.45. The summed E-state index contributed by atoms with van der Waals surface area (Å²) >= 11 is 0.